The second-order valence-corrected chi connectivity index (χ2v) is 14.1. The van der Waals surface area contributed by atoms with Gasteiger partial charge in [0.1, 0.15) is 18.3 Å². The number of halogens is 2. The number of amides is 2. The molecule has 1 unspecified atom stereocenters. The molecule has 5 rings (SSSR count). The zero-order valence-electron chi connectivity index (χ0n) is 26.0. The highest BCUT2D eigenvalue weighted by Crippen LogP contribution is 2.33. The lowest BCUT2D eigenvalue weighted by atomic mass is 10.0. The number of benzene rings is 4. The molecule has 0 aromatic heterocycles. The molecule has 2 amide bonds. The number of ether oxygens (including phenoxy) is 1. The van der Waals surface area contributed by atoms with E-state index >= 15 is 0 Å². The predicted octanol–water partition coefficient (Wildman–Crippen LogP) is 6.90. The number of carbonyl (C=O) groups excluding carboxylic acids is 2. The predicted molar refractivity (Wildman–Crippen MR) is 185 cm³/mol. The Morgan fingerprint density at radius 2 is 1.49 bits per heavy atom. The average molecular weight is 695 g/mol. The summed E-state index contributed by atoms with van der Waals surface area (Å²) in [5.41, 5.74) is 1.68. The molecule has 0 bridgehead atoms. The van der Waals surface area contributed by atoms with Crippen LogP contribution in [0.5, 0.6) is 5.75 Å². The third-order valence-electron chi connectivity index (χ3n) is 8.27. The summed E-state index contributed by atoms with van der Waals surface area (Å²) in [6.45, 7) is -0.614. The maximum atomic E-state index is 14.7. The van der Waals surface area contributed by atoms with Gasteiger partial charge < -0.3 is 15.0 Å². The summed E-state index contributed by atoms with van der Waals surface area (Å²) >= 11 is 12.6. The first-order chi connectivity index (χ1) is 22.7. The first kappa shape index (κ1) is 34.3. The van der Waals surface area contributed by atoms with E-state index in [0.717, 1.165) is 35.6 Å². The Morgan fingerprint density at radius 1 is 0.851 bits per heavy atom. The number of sulfonamides is 1. The Morgan fingerprint density at radius 3 is 2.15 bits per heavy atom. The number of rotatable bonds is 13. The van der Waals surface area contributed by atoms with Gasteiger partial charge in [0.25, 0.3) is 10.0 Å². The minimum Gasteiger partial charge on any atom is -0.495 e. The fourth-order valence-corrected chi connectivity index (χ4v) is 7.59. The molecule has 11 heteroatoms. The fraction of sp³-hybridized carbons (Fsp3) is 0.278. The van der Waals surface area contributed by atoms with Crippen molar-refractivity contribution in [3.63, 3.8) is 0 Å². The average Bonchev–Trinajstić information content (AvgIpc) is 3.60. The van der Waals surface area contributed by atoms with Gasteiger partial charge in [-0.05, 0) is 60.4 Å². The molecule has 0 heterocycles. The normalized spacial score (nSPS) is 13.9. The number of carbonyl (C=O) groups is 2. The van der Waals surface area contributed by atoms with Crippen LogP contribution in [0.4, 0.5) is 5.69 Å². The molecule has 0 saturated heterocycles. The Hall–Kier alpha value is -4.05. The largest absolute Gasteiger partial charge is 0.495 e. The smallest absolute Gasteiger partial charge is 0.264 e. The lowest BCUT2D eigenvalue weighted by molar-refractivity contribution is -0.140. The molecule has 1 aliphatic rings. The van der Waals surface area contributed by atoms with E-state index < -0.39 is 28.5 Å². The van der Waals surface area contributed by atoms with Crippen molar-refractivity contribution in [2.75, 3.05) is 18.0 Å². The van der Waals surface area contributed by atoms with E-state index in [1.54, 1.807) is 60.7 Å². The van der Waals surface area contributed by atoms with Gasteiger partial charge in [0, 0.05) is 19.0 Å². The van der Waals surface area contributed by atoms with Crippen molar-refractivity contribution in [3.8, 4) is 5.75 Å². The van der Waals surface area contributed by atoms with Crippen LogP contribution in [0.1, 0.15) is 36.8 Å². The monoisotopic (exact) mass is 693 g/mol. The third-order valence-corrected chi connectivity index (χ3v) is 10.8. The van der Waals surface area contributed by atoms with Gasteiger partial charge in [0.15, 0.2) is 0 Å². The molecular weight excluding hydrogens is 657 g/mol. The highest BCUT2D eigenvalue weighted by atomic mass is 35.5. The van der Waals surface area contributed by atoms with Crippen LogP contribution < -0.4 is 14.4 Å². The number of methoxy groups -OCH3 is 1. The van der Waals surface area contributed by atoms with Crippen LogP contribution in [0, 0.1) is 0 Å². The number of hydrogen-bond acceptors (Lipinski definition) is 5. The van der Waals surface area contributed by atoms with Crippen LogP contribution in [-0.2, 0) is 32.6 Å². The second-order valence-electron chi connectivity index (χ2n) is 11.5. The van der Waals surface area contributed by atoms with Gasteiger partial charge in [-0.25, -0.2) is 8.42 Å². The zero-order valence-corrected chi connectivity index (χ0v) is 28.3. The van der Waals surface area contributed by atoms with Crippen molar-refractivity contribution in [2.45, 2.75) is 55.6 Å². The van der Waals surface area contributed by atoms with Gasteiger partial charge in [-0.1, -0.05) is 103 Å². The summed E-state index contributed by atoms with van der Waals surface area (Å²) in [6, 6.07) is 28.0. The number of para-hydroxylation sites is 2. The minimum atomic E-state index is -4.26. The number of hydrogen-bond donors (Lipinski definition) is 1. The SMILES string of the molecule is COc1ccccc1N(CC(=O)N(Cc1ccc(Cl)c(Cl)c1)C(Cc1ccccc1)C(=O)NC1CCCC1)S(=O)(=O)c1ccccc1. The Labute approximate surface area is 286 Å². The maximum absolute atomic E-state index is 14.7. The third kappa shape index (κ3) is 8.46. The van der Waals surface area contributed by atoms with E-state index in [0.29, 0.717) is 15.6 Å². The summed E-state index contributed by atoms with van der Waals surface area (Å²) < 4.78 is 35.0. The van der Waals surface area contributed by atoms with Gasteiger partial charge in [0.05, 0.1) is 27.7 Å². The van der Waals surface area contributed by atoms with E-state index in [1.165, 1.54) is 24.1 Å². The quantitative estimate of drug-likeness (QED) is 0.164. The lowest BCUT2D eigenvalue weighted by Crippen LogP contribution is -2.54. The summed E-state index contributed by atoms with van der Waals surface area (Å²) in [7, 11) is -2.82. The van der Waals surface area contributed by atoms with Crippen LogP contribution in [0.15, 0.2) is 108 Å². The van der Waals surface area contributed by atoms with E-state index in [9.17, 15) is 18.0 Å². The van der Waals surface area contributed by atoms with E-state index in [1.807, 2.05) is 30.3 Å². The Bertz CT molecular complexity index is 1790. The fourth-order valence-electron chi connectivity index (χ4n) is 5.82. The maximum Gasteiger partial charge on any atom is 0.264 e. The molecule has 4 aromatic carbocycles. The highest BCUT2D eigenvalue weighted by Gasteiger charge is 2.36. The summed E-state index contributed by atoms with van der Waals surface area (Å²) in [5, 5.41) is 3.82. The van der Waals surface area contributed by atoms with E-state index in [-0.39, 0.29) is 41.2 Å². The van der Waals surface area contributed by atoms with Crippen molar-refractivity contribution in [2.24, 2.45) is 0 Å². The van der Waals surface area contributed by atoms with Crippen LogP contribution in [0.2, 0.25) is 10.0 Å². The zero-order chi connectivity index (χ0) is 33.4. The van der Waals surface area contributed by atoms with Crippen molar-refractivity contribution in [3.05, 3.63) is 124 Å². The Kier molecular flexibility index (Phi) is 11.4. The molecule has 4 aromatic rings. The van der Waals surface area contributed by atoms with Crippen LogP contribution in [0.3, 0.4) is 0 Å². The summed E-state index contributed by atoms with van der Waals surface area (Å²) in [5.74, 6) is -0.608. The topological polar surface area (TPSA) is 96.0 Å². The van der Waals surface area contributed by atoms with Gasteiger partial charge in [-0.2, -0.15) is 0 Å². The van der Waals surface area contributed by atoms with Gasteiger partial charge in [0.2, 0.25) is 11.8 Å². The summed E-state index contributed by atoms with van der Waals surface area (Å²) in [4.78, 5) is 30.3. The molecule has 1 fully saturated rings. The van der Waals surface area contributed by atoms with Gasteiger partial charge >= 0.3 is 0 Å². The molecular formula is C36H37Cl2N3O5S. The van der Waals surface area contributed by atoms with Crippen molar-refractivity contribution in [1.29, 1.82) is 0 Å². The van der Waals surface area contributed by atoms with E-state index in [4.69, 9.17) is 27.9 Å². The van der Waals surface area contributed by atoms with Gasteiger partial charge in [-0.3, -0.25) is 13.9 Å². The number of nitrogens with zero attached hydrogens (tertiary/aromatic N) is 2. The van der Waals surface area contributed by atoms with Gasteiger partial charge in [-0.15, -0.1) is 0 Å². The first-order valence-electron chi connectivity index (χ1n) is 15.5. The molecule has 0 spiro atoms. The van der Waals surface area contributed by atoms with Crippen LogP contribution in [0.25, 0.3) is 0 Å². The molecule has 8 nitrogen and oxygen atoms in total. The lowest BCUT2D eigenvalue weighted by Gasteiger charge is -2.34. The van der Waals surface area contributed by atoms with Crippen molar-refractivity contribution >= 4 is 50.7 Å². The van der Waals surface area contributed by atoms with Crippen LogP contribution in [-0.4, -0.2) is 50.9 Å². The molecule has 246 valence electrons. The minimum absolute atomic E-state index is 0.00578. The van der Waals surface area contributed by atoms with Crippen molar-refractivity contribution in [1.82, 2.24) is 10.2 Å². The molecule has 0 aliphatic heterocycles. The molecule has 1 aliphatic carbocycles. The molecule has 1 N–H and O–H groups in total. The van der Waals surface area contributed by atoms with Crippen molar-refractivity contribution < 1.29 is 22.7 Å². The molecule has 0 radical (unpaired) electrons. The summed E-state index contributed by atoms with van der Waals surface area (Å²) in [6.07, 6.45) is 3.98. The number of nitrogens with one attached hydrogen (secondary N) is 1. The van der Waals surface area contributed by atoms with E-state index in [2.05, 4.69) is 5.32 Å². The Balaban J connectivity index is 1.59. The molecule has 47 heavy (non-hydrogen) atoms. The second kappa shape index (κ2) is 15.7. The first-order valence-corrected chi connectivity index (χ1v) is 17.7. The number of anilines is 1. The molecule has 1 atom stereocenters. The molecule has 1 saturated carbocycles. The standard InChI is InChI=1S/C36H37Cl2N3O5S/c1-46-34-19-11-10-18-32(34)41(47(44,45)29-16-6-3-7-17-29)25-35(42)40(24-27-20-21-30(37)31(38)22-27)33(23-26-12-4-2-5-13-26)36(43)39-28-14-8-9-15-28/h2-7,10-13,16-22,28,33H,8-9,14-15,23-25H2,1H3,(H,39,43). The van der Waals surface area contributed by atoms with Crippen LogP contribution >= 0.6 is 23.2 Å². The highest BCUT2D eigenvalue weighted by molar-refractivity contribution is 7.92.